The summed E-state index contributed by atoms with van der Waals surface area (Å²) in [6, 6.07) is 14.1. The zero-order chi connectivity index (χ0) is 14.4. The Morgan fingerprint density at radius 1 is 1.20 bits per heavy atom. The average molecular weight is 285 g/mol. The van der Waals surface area contributed by atoms with Gasteiger partial charge < -0.3 is 11.1 Å². The van der Waals surface area contributed by atoms with Crippen LogP contribution in [0, 0.1) is 11.8 Å². The minimum Gasteiger partial charge on any atom is -0.321 e. The highest BCUT2D eigenvalue weighted by molar-refractivity contribution is 6.30. The molecule has 2 aromatic carbocycles. The summed E-state index contributed by atoms with van der Waals surface area (Å²) in [5.41, 5.74) is 7.21. The van der Waals surface area contributed by atoms with Crippen LogP contribution in [0.4, 0.5) is 5.69 Å². The zero-order valence-electron chi connectivity index (χ0n) is 10.7. The lowest BCUT2D eigenvalue weighted by Gasteiger charge is -2.08. The van der Waals surface area contributed by atoms with Gasteiger partial charge in [-0.1, -0.05) is 41.6 Å². The molecule has 0 aliphatic carbocycles. The predicted molar refractivity (Wildman–Crippen MR) is 81.8 cm³/mol. The van der Waals surface area contributed by atoms with E-state index in [-0.39, 0.29) is 12.5 Å². The van der Waals surface area contributed by atoms with E-state index in [1.54, 1.807) is 30.3 Å². The molecule has 0 saturated carbocycles. The molecule has 100 valence electrons. The fraction of sp³-hybridized carbons (Fsp3) is 0.0625. The van der Waals surface area contributed by atoms with Crippen molar-refractivity contribution in [2.45, 2.75) is 0 Å². The molecule has 0 unspecified atom stereocenters. The van der Waals surface area contributed by atoms with Crippen LogP contribution < -0.4 is 11.1 Å². The number of halogens is 1. The van der Waals surface area contributed by atoms with E-state index in [0.717, 1.165) is 0 Å². The molecule has 0 aliphatic rings. The van der Waals surface area contributed by atoms with Crippen LogP contribution in [0.25, 0.3) is 0 Å². The topological polar surface area (TPSA) is 55.1 Å². The molecule has 0 saturated heterocycles. The molecule has 3 N–H and O–H groups in total. The lowest BCUT2D eigenvalue weighted by atomic mass is 10.1. The maximum Gasteiger partial charge on any atom is 0.255 e. The molecular formula is C16H13ClN2O. The molecule has 2 aromatic rings. The Bertz CT molecular complexity index is 672. The zero-order valence-corrected chi connectivity index (χ0v) is 11.4. The van der Waals surface area contributed by atoms with Crippen LogP contribution in [0.5, 0.6) is 0 Å². The van der Waals surface area contributed by atoms with Gasteiger partial charge in [-0.2, -0.15) is 0 Å². The molecule has 1 amide bonds. The van der Waals surface area contributed by atoms with Gasteiger partial charge in [0.25, 0.3) is 5.91 Å². The van der Waals surface area contributed by atoms with Crippen molar-refractivity contribution >= 4 is 23.2 Å². The van der Waals surface area contributed by atoms with Crippen molar-refractivity contribution in [2.75, 3.05) is 11.9 Å². The van der Waals surface area contributed by atoms with Crippen molar-refractivity contribution < 1.29 is 4.79 Å². The van der Waals surface area contributed by atoms with Gasteiger partial charge >= 0.3 is 0 Å². The number of benzene rings is 2. The summed E-state index contributed by atoms with van der Waals surface area (Å²) in [6.07, 6.45) is 0. The highest BCUT2D eigenvalue weighted by Gasteiger charge is 2.08. The molecule has 0 atom stereocenters. The fourth-order valence-corrected chi connectivity index (χ4v) is 1.83. The van der Waals surface area contributed by atoms with E-state index in [0.29, 0.717) is 21.8 Å². The normalized spacial score (nSPS) is 9.50. The molecular weight excluding hydrogens is 272 g/mol. The smallest absolute Gasteiger partial charge is 0.255 e. The van der Waals surface area contributed by atoms with Gasteiger partial charge in [0.05, 0.1) is 12.2 Å². The SMILES string of the molecule is NCC#Cc1cc(Cl)ccc1NC(=O)c1ccccc1. The summed E-state index contributed by atoms with van der Waals surface area (Å²) in [5.74, 6) is 5.46. The van der Waals surface area contributed by atoms with Crippen LogP contribution in [-0.2, 0) is 0 Å². The number of carbonyl (C=O) groups excluding carboxylic acids is 1. The molecule has 2 rings (SSSR count). The third-order valence-electron chi connectivity index (χ3n) is 2.59. The third-order valence-corrected chi connectivity index (χ3v) is 2.83. The molecule has 3 nitrogen and oxygen atoms in total. The maximum absolute atomic E-state index is 12.1. The number of hydrogen-bond donors (Lipinski definition) is 2. The van der Waals surface area contributed by atoms with Crippen molar-refractivity contribution in [3.8, 4) is 11.8 Å². The van der Waals surface area contributed by atoms with Gasteiger partial charge in [-0.25, -0.2) is 0 Å². The van der Waals surface area contributed by atoms with E-state index in [1.807, 2.05) is 18.2 Å². The number of carbonyl (C=O) groups is 1. The first kappa shape index (κ1) is 14.1. The van der Waals surface area contributed by atoms with Gasteiger partial charge in [-0.15, -0.1) is 0 Å². The van der Waals surface area contributed by atoms with Crippen molar-refractivity contribution in [1.29, 1.82) is 0 Å². The summed E-state index contributed by atoms with van der Waals surface area (Å²) < 4.78 is 0. The second kappa shape index (κ2) is 6.76. The largest absolute Gasteiger partial charge is 0.321 e. The van der Waals surface area contributed by atoms with Crippen LogP contribution >= 0.6 is 11.6 Å². The number of anilines is 1. The van der Waals surface area contributed by atoms with Gasteiger partial charge in [0.15, 0.2) is 0 Å². The third kappa shape index (κ3) is 3.61. The Kier molecular flexibility index (Phi) is 4.78. The first-order chi connectivity index (χ1) is 9.70. The van der Waals surface area contributed by atoms with Crippen molar-refractivity contribution in [1.82, 2.24) is 0 Å². The predicted octanol–water partition coefficient (Wildman–Crippen LogP) is 2.90. The highest BCUT2D eigenvalue weighted by atomic mass is 35.5. The summed E-state index contributed by atoms with van der Waals surface area (Å²) in [7, 11) is 0. The molecule has 0 aliphatic heterocycles. The number of rotatable bonds is 2. The molecule has 0 spiro atoms. The Hall–Kier alpha value is -2.28. The second-order valence-corrected chi connectivity index (χ2v) is 4.45. The standard InChI is InChI=1S/C16H13ClN2O/c17-14-8-9-15(13(11-14)7-4-10-18)19-16(20)12-5-2-1-3-6-12/h1-3,5-6,8-9,11H,10,18H2,(H,19,20). The Morgan fingerprint density at radius 2 is 1.95 bits per heavy atom. The highest BCUT2D eigenvalue weighted by Crippen LogP contribution is 2.20. The molecule has 0 radical (unpaired) electrons. The minimum absolute atomic E-state index is 0.191. The molecule has 0 heterocycles. The first-order valence-electron chi connectivity index (χ1n) is 6.05. The van der Waals surface area contributed by atoms with E-state index in [2.05, 4.69) is 17.2 Å². The van der Waals surface area contributed by atoms with E-state index in [4.69, 9.17) is 17.3 Å². The summed E-state index contributed by atoms with van der Waals surface area (Å²) in [4.78, 5) is 12.1. The lowest BCUT2D eigenvalue weighted by molar-refractivity contribution is 0.102. The van der Waals surface area contributed by atoms with Crippen molar-refractivity contribution in [2.24, 2.45) is 5.73 Å². The summed E-state index contributed by atoms with van der Waals surface area (Å²) in [5, 5.41) is 3.38. The van der Waals surface area contributed by atoms with Gasteiger partial charge in [0.1, 0.15) is 0 Å². The van der Waals surface area contributed by atoms with Crippen LogP contribution in [-0.4, -0.2) is 12.5 Å². The van der Waals surface area contributed by atoms with Crippen LogP contribution in [0.1, 0.15) is 15.9 Å². The van der Waals surface area contributed by atoms with Gasteiger partial charge in [-0.05, 0) is 30.3 Å². The maximum atomic E-state index is 12.1. The molecule has 20 heavy (non-hydrogen) atoms. The van der Waals surface area contributed by atoms with E-state index >= 15 is 0 Å². The number of nitrogens with two attached hydrogens (primary N) is 1. The van der Waals surface area contributed by atoms with Crippen molar-refractivity contribution in [3.63, 3.8) is 0 Å². The van der Waals surface area contributed by atoms with Crippen LogP contribution in [0.3, 0.4) is 0 Å². The fourth-order valence-electron chi connectivity index (χ4n) is 1.66. The van der Waals surface area contributed by atoms with Crippen molar-refractivity contribution in [3.05, 3.63) is 64.7 Å². The van der Waals surface area contributed by atoms with Crippen LogP contribution in [0.15, 0.2) is 48.5 Å². The van der Waals surface area contributed by atoms with E-state index in [9.17, 15) is 4.79 Å². The average Bonchev–Trinajstić information content (AvgIpc) is 2.48. The monoisotopic (exact) mass is 284 g/mol. The molecule has 0 bridgehead atoms. The van der Waals surface area contributed by atoms with Gasteiger partial charge in [0.2, 0.25) is 0 Å². The molecule has 4 heteroatoms. The number of hydrogen-bond acceptors (Lipinski definition) is 2. The lowest BCUT2D eigenvalue weighted by Crippen LogP contribution is -2.12. The summed E-state index contributed by atoms with van der Waals surface area (Å²) in [6.45, 7) is 0.249. The number of nitrogens with one attached hydrogen (secondary N) is 1. The quantitative estimate of drug-likeness (QED) is 0.833. The second-order valence-electron chi connectivity index (χ2n) is 4.02. The van der Waals surface area contributed by atoms with E-state index in [1.165, 1.54) is 0 Å². The Morgan fingerprint density at radius 3 is 2.65 bits per heavy atom. The summed E-state index contributed by atoms with van der Waals surface area (Å²) >= 11 is 5.94. The van der Waals surface area contributed by atoms with Gasteiger partial charge in [-0.3, -0.25) is 4.79 Å². The molecule has 0 aromatic heterocycles. The Labute approximate surface area is 122 Å². The van der Waals surface area contributed by atoms with Crippen LogP contribution in [0.2, 0.25) is 5.02 Å². The van der Waals surface area contributed by atoms with E-state index < -0.39 is 0 Å². The Balaban J connectivity index is 2.27. The first-order valence-corrected chi connectivity index (χ1v) is 6.43. The van der Waals surface area contributed by atoms with Gasteiger partial charge in [0, 0.05) is 16.1 Å². The molecule has 0 fully saturated rings. The minimum atomic E-state index is -0.191. The number of amides is 1.